The van der Waals surface area contributed by atoms with Crippen LogP contribution >= 0.6 is 0 Å². The van der Waals surface area contributed by atoms with E-state index in [4.69, 9.17) is 15.5 Å². The van der Waals surface area contributed by atoms with E-state index in [1.54, 1.807) is 18.2 Å². The maximum absolute atomic E-state index is 14.3. The summed E-state index contributed by atoms with van der Waals surface area (Å²) in [5, 5.41) is 0.890. The fourth-order valence-electron chi connectivity index (χ4n) is 4.75. The van der Waals surface area contributed by atoms with Gasteiger partial charge in [-0.2, -0.15) is 0 Å². The molecule has 0 bridgehead atoms. The van der Waals surface area contributed by atoms with Crippen molar-refractivity contribution in [1.29, 1.82) is 0 Å². The van der Waals surface area contributed by atoms with Gasteiger partial charge in [-0.3, -0.25) is 9.69 Å². The summed E-state index contributed by atoms with van der Waals surface area (Å²) in [6.45, 7) is 7.40. The van der Waals surface area contributed by atoms with Gasteiger partial charge >= 0.3 is 0 Å². The summed E-state index contributed by atoms with van der Waals surface area (Å²) in [6.07, 6.45) is 1.17. The summed E-state index contributed by atoms with van der Waals surface area (Å²) in [7, 11) is 1.42. The molecule has 4 aromatic rings. The van der Waals surface area contributed by atoms with Crippen molar-refractivity contribution in [3.8, 4) is 17.0 Å². The Labute approximate surface area is 197 Å². The van der Waals surface area contributed by atoms with Crippen LogP contribution in [-0.2, 0) is 0 Å². The van der Waals surface area contributed by atoms with Crippen LogP contribution in [0.25, 0.3) is 33.2 Å². The van der Waals surface area contributed by atoms with Crippen LogP contribution in [0.4, 0.5) is 10.1 Å². The van der Waals surface area contributed by atoms with Gasteiger partial charge in [-0.05, 0) is 55.4 Å². The lowest BCUT2D eigenvalue weighted by Gasteiger charge is -2.36. The first-order chi connectivity index (χ1) is 16.5. The maximum Gasteiger partial charge on any atom is 0.250 e. The number of nitrogens with one attached hydrogen (secondary N) is 1. The first-order valence-corrected chi connectivity index (χ1v) is 11.6. The molecule has 0 spiro atoms. The number of primary amides is 1. The van der Waals surface area contributed by atoms with Crippen molar-refractivity contribution in [3.05, 3.63) is 53.8 Å². The van der Waals surface area contributed by atoms with Crippen LogP contribution < -0.4 is 15.4 Å². The van der Waals surface area contributed by atoms with E-state index in [0.717, 1.165) is 49.3 Å². The van der Waals surface area contributed by atoms with Crippen molar-refractivity contribution in [3.63, 3.8) is 0 Å². The smallest absolute Gasteiger partial charge is 0.250 e. The summed E-state index contributed by atoms with van der Waals surface area (Å²) in [6, 6.07) is 12.4. The van der Waals surface area contributed by atoms with Crippen LogP contribution in [-0.4, -0.2) is 60.6 Å². The lowest BCUT2D eigenvalue weighted by atomic mass is 10.1. The topological polar surface area (TPSA) is 87.5 Å². The van der Waals surface area contributed by atoms with Crippen LogP contribution in [0.5, 0.6) is 5.75 Å². The van der Waals surface area contributed by atoms with Gasteiger partial charge in [-0.25, -0.2) is 9.37 Å². The number of aromatic amines is 1. The van der Waals surface area contributed by atoms with Crippen molar-refractivity contribution in [1.82, 2.24) is 14.9 Å². The number of pyridine rings is 1. The van der Waals surface area contributed by atoms with Crippen molar-refractivity contribution in [2.45, 2.75) is 13.3 Å². The van der Waals surface area contributed by atoms with Gasteiger partial charge in [0.1, 0.15) is 0 Å². The molecule has 1 fully saturated rings. The van der Waals surface area contributed by atoms with E-state index in [9.17, 15) is 9.18 Å². The Bertz CT molecular complexity index is 1370. The van der Waals surface area contributed by atoms with E-state index >= 15 is 0 Å². The second-order valence-electron chi connectivity index (χ2n) is 8.68. The molecule has 176 valence electrons. The molecule has 3 heterocycles. The first-order valence-electron chi connectivity index (χ1n) is 11.6. The molecule has 34 heavy (non-hydrogen) atoms. The molecule has 1 aliphatic heterocycles. The molecule has 1 amide bonds. The van der Waals surface area contributed by atoms with Gasteiger partial charge in [0.15, 0.2) is 11.6 Å². The maximum atomic E-state index is 14.3. The van der Waals surface area contributed by atoms with Crippen molar-refractivity contribution < 1.29 is 13.9 Å². The van der Waals surface area contributed by atoms with Gasteiger partial charge in [0.05, 0.1) is 34.9 Å². The zero-order valence-electron chi connectivity index (χ0n) is 19.4. The minimum absolute atomic E-state index is 0.148. The predicted molar refractivity (Wildman–Crippen MR) is 133 cm³/mol. The number of aromatic nitrogens is 2. The molecule has 0 unspecified atom stereocenters. The number of methoxy groups -OCH3 is 1. The summed E-state index contributed by atoms with van der Waals surface area (Å²) in [5.74, 6) is -0.915. The minimum atomic E-state index is -0.568. The largest absolute Gasteiger partial charge is 0.494 e. The van der Waals surface area contributed by atoms with E-state index in [-0.39, 0.29) is 5.75 Å². The van der Waals surface area contributed by atoms with E-state index in [1.807, 2.05) is 6.07 Å². The quantitative estimate of drug-likeness (QED) is 0.450. The molecule has 7 nitrogen and oxygen atoms in total. The second-order valence-corrected chi connectivity index (χ2v) is 8.68. The van der Waals surface area contributed by atoms with E-state index < -0.39 is 11.7 Å². The molecule has 2 aromatic carbocycles. The summed E-state index contributed by atoms with van der Waals surface area (Å²) in [4.78, 5) is 25.3. The second kappa shape index (κ2) is 8.95. The number of nitrogens with zero attached hydrogens (tertiary/aromatic N) is 3. The molecular weight excluding hydrogens is 433 g/mol. The molecule has 2 aromatic heterocycles. The number of fused-ring (bicyclic) bond motifs is 3. The third kappa shape index (κ3) is 3.94. The molecule has 3 N–H and O–H groups in total. The predicted octanol–water partition coefficient (Wildman–Crippen LogP) is 4.16. The zero-order valence-corrected chi connectivity index (χ0v) is 19.4. The fraction of sp³-hybridized carbons (Fsp3) is 0.308. The number of piperazine rings is 1. The monoisotopic (exact) mass is 461 g/mol. The van der Waals surface area contributed by atoms with Crippen molar-refractivity contribution in [2.75, 3.05) is 44.7 Å². The molecule has 0 radical (unpaired) electrons. The number of hydrogen-bond donors (Lipinski definition) is 2. The minimum Gasteiger partial charge on any atom is -0.494 e. The number of ether oxygens (including phenoxy) is 1. The van der Waals surface area contributed by atoms with Crippen molar-refractivity contribution >= 4 is 33.5 Å². The number of H-pyrrole nitrogens is 1. The van der Waals surface area contributed by atoms with Gasteiger partial charge < -0.3 is 20.4 Å². The Balaban J connectivity index is 1.56. The Morgan fingerprint density at radius 1 is 1.15 bits per heavy atom. The first kappa shape index (κ1) is 22.2. The number of hydrogen-bond acceptors (Lipinski definition) is 5. The van der Waals surface area contributed by atoms with Crippen LogP contribution in [0.2, 0.25) is 0 Å². The van der Waals surface area contributed by atoms with Gasteiger partial charge in [0.25, 0.3) is 5.91 Å². The van der Waals surface area contributed by atoms with E-state index in [1.165, 1.54) is 19.6 Å². The molecule has 8 heteroatoms. The Kier molecular flexibility index (Phi) is 5.83. The van der Waals surface area contributed by atoms with Crippen LogP contribution in [0.1, 0.15) is 23.7 Å². The highest BCUT2D eigenvalue weighted by molar-refractivity contribution is 6.14. The Morgan fingerprint density at radius 3 is 2.62 bits per heavy atom. The number of amides is 1. The molecule has 1 saturated heterocycles. The highest BCUT2D eigenvalue weighted by Crippen LogP contribution is 2.33. The van der Waals surface area contributed by atoms with Crippen LogP contribution in [0, 0.1) is 5.82 Å². The number of halogens is 1. The van der Waals surface area contributed by atoms with E-state index in [2.05, 4.69) is 33.8 Å². The Morgan fingerprint density at radius 2 is 1.94 bits per heavy atom. The lowest BCUT2D eigenvalue weighted by molar-refractivity contribution is 0.100. The number of nitrogens with two attached hydrogens (primary N) is 1. The van der Waals surface area contributed by atoms with Crippen LogP contribution in [0.15, 0.2) is 42.5 Å². The standard InChI is InChI=1S/C26H28FN5O2/c1-3-8-31-9-11-32(12-10-31)17-5-6-18-22(14-17)30-25-19(26(28)33)15-21(29-24(18)25)16-4-7-23(34-2)20(27)13-16/h4-7,13-15,30H,3,8-12H2,1-2H3,(H2,28,33). The lowest BCUT2D eigenvalue weighted by Crippen LogP contribution is -2.46. The molecule has 0 aliphatic carbocycles. The van der Waals surface area contributed by atoms with Crippen molar-refractivity contribution in [2.24, 2.45) is 5.73 Å². The highest BCUT2D eigenvalue weighted by atomic mass is 19.1. The zero-order chi connectivity index (χ0) is 23.8. The SMILES string of the molecule is CCCN1CCN(c2ccc3c(c2)[nH]c2c(C(N)=O)cc(-c4ccc(OC)c(F)c4)nc23)CC1. The normalized spacial score (nSPS) is 14.7. The number of carbonyl (C=O) groups is 1. The number of rotatable bonds is 6. The average Bonchev–Trinajstić information content (AvgIpc) is 3.21. The summed E-state index contributed by atoms with van der Waals surface area (Å²) in [5.41, 5.74) is 10.3. The Hall–Kier alpha value is -3.65. The molecule has 1 aliphatic rings. The molecule has 0 atom stereocenters. The van der Waals surface area contributed by atoms with Gasteiger partial charge in [0.2, 0.25) is 0 Å². The van der Waals surface area contributed by atoms with Gasteiger partial charge in [0, 0.05) is 42.8 Å². The molecule has 5 rings (SSSR count). The average molecular weight is 462 g/mol. The number of benzene rings is 2. The van der Waals surface area contributed by atoms with Crippen LogP contribution in [0.3, 0.4) is 0 Å². The third-order valence-corrected chi connectivity index (χ3v) is 6.53. The van der Waals surface area contributed by atoms with Gasteiger partial charge in [-0.1, -0.05) is 6.92 Å². The highest BCUT2D eigenvalue weighted by Gasteiger charge is 2.20. The molecular formula is C26H28FN5O2. The third-order valence-electron chi connectivity index (χ3n) is 6.53. The summed E-state index contributed by atoms with van der Waals surface area (Å²) < 4.78 is 19.3. The van der Waals surface area contributed by atoms with E-state index in [0.29, 0.717) is 27.9 Å². The number of anilines is 1. The van der Waals surface area contributed by atoms with Gasteiger partial charge in [-0.15, -0.1) is 0 Å². The molecule has 0 saturated carbocycles. The fourth-order valence-corrected chi connectivity index (χ4v) is 4.75. The summed E-state index contributed by atoms with van der Waals surface area (Å²) >= 11 is 0. The number of carbonyl (C=O) groups excluding carboxylic acids is 1.